The number of hydrogen-bond acceptors (Lipinski definition) is 4. The first-order chi connectivity index (χ1) is 32.2. The molecule has 2 aliphatic rings. The molecule has 10 aromatic carbocycles. The molecule has 14 rings (SSSR count). The summed E-state index contributed by atoms with van der Waals surface area (Å²) in [4.78, 5) is 2.42. The number of rotatable bonds is 5. The van der Waals surface area contributed by atoms with Crippen LogP contribution in [0.5, 0.6) is 11.5 Å². The maximum Gasteiger partial charge on any atom is 0.140 e. The van der Waals surface area contributed by atoms with Crippen molar-refractivity contribution in [2.75, 3.05) is 4.90 Å². The molecule has 0 bridgehead atoms. The van der Waals surface area contributed by atoms with Crippen LogP contribution in [0.25, 0.3) is 77.3 Å². The average Bonchev–Trinajstić information content (AvgIpc) is 4.03. The number of para-hydroxylation sites is 5. The van der Waals surface area contributed by atoms with Crippen molar-refractivity contribution in [1.82, 2.24) is 0 Å². The van der Waals surface area contributed by atoms with Gasteiger partial charge in [-0.05, 0) is 100 Å². The molecule has 1 spiro atoms. The normalized spacial score (nSPS) is 13.2. The van der Waals surface area contributed by atoms with Crippen LogP contribution >= 0.6 is 0 Å². The smallest absolute Gasteiger partial charge is 0.140 e. The molecule has 3 heterocycles. The fourth-order valence-corrected chi connectivity index (χ4v) is 11.1. The van der Waals surface area contributed by atoms with E-state index in [4.69, 9.17) is 13.6 Å². The fourth-order valence-electron chi connectivity index (χ4n) is 11.1. The zero-order valence-corrected chi connectivity index (χ0v) is 35.0. The van der Waals surface area contributed by atoms with Crippen LogP contribution < -0.4 is 9.64 Å². The van der Waals surface area contributed by atoms with Gasteiger partial charge in [0.2, 0.25) is 0 Å². The molecule has 65 heavy (non-hydrogen) atoms. The lowest BCUT2D eigenvalue weighted by atomic mass is 9.65. The van der Waals surface area contributed by atoms with Gasteiger partial charge in [-0.2, -0.15) is 0 Å². The molecule has 0 radical (unpaired) electrons. The number of benzene rings is 10. The Labute approximate surface area is 374 Å². The molecule has 304 valence electrons. The van der Waals surface area contributed by atoms with Crippen LogP contribution in [0, 0.1) is 0 Å². The second kappa shape index (κ2) is 13.7. The third kappa shape index (κ3) is 5.08. The summed E-state index contributed by atoms with van der Waals surface area (Å²) in [5.41, 5.74) is 17.2. The van der Waals surface area contributed by atoms with E-state index in [2.05, 4.69) is 211 Å². The Hall–Kier alpha value is -8.60. The first kappa shape index (κ1) is 35.9. The molecule has 1 aliphatic carbocycles. The summed E-state index contributed by atoms with van der Waals surface area (Å²) in [6.45, 7) is 0. The van der Waals surface area contributed by atoms with E-state index >= 15 is 0 Å². The summed E-state index contributed by atoms with van der Waals surface area (Å²) in [7, 11) is 0. The largest absolute Gasteiger partial charge is 0.456 e. The molecule has 0 N–H and O–H groups in total. The fraction of sp³-hybridized carbons (Fsp3) is 0.0164. The highest BCUT2D eigenvalue weighted by Gasteiger charge is 2.52. The highest BCUT2D eigenvalue weighted by Crippen LogP contribution is 2.64. The predicted octanol–water partition coefficient (Wildman–Crippen LogP) is 16.8. The molecule has 2 aromatic heterocycles. The van der Waals surface area contributed by atoms with E-state index in [0.717, 1.165) is 106 Å². The van der Waals surface area contributed by atoms with E-state index in [9.17, 15) is 0 Å². The van der Waals surface area contributed by atoms with Crippen LogP contribution in [-0.4, -0.2) is 0 Å². The third-order valence-electron chi connectivity index (χ3n) is 13.7. The van der Waals surface area contributed by atoms with E-state index < -0.39 is 5.41 Å². The molecular weight excluding hydrogens is 795 g/mol. The van der Waals surface area contributed by atoms with Gasteiger partial charge >= 0.3 is 0 Å². The molecular formula is C61H37NO3. The van der Waals surface area contributed by atoms with Gasteiger partial charge in [-0.1, -0.05) is 158 Å². The molecule has 1 aliphatic heterocycles. The van der Waals surface area contributed by atoms with Crippen LogP contribution in [0.1, 0.15) is 22.3 Å². The molecule has 0 atom stereocenters. The second-order valence-electron chi connectivity index (χ2n) is 17.1. The van der Waals surface area contributed by atoms with E-state index in [-0.39, 0.29) is 0 Å². The summed E-state index contributed by atoms with van der Waals surface area (Å²) in [5.74, 6) is 1.68. The Morgan fingerprint density at radius 2 is 0.923 bits per heavy atom. The Balaban J connectivity index is 1.11. The van der Waals surface area contributed by atoms with Gasteiger partial charge in [0.25, 0.3) is 0 Å². The van der Waals surface area contributed by atoms with Crippen molar-refractivity contribution in [3.8, 4) is 44.9 Å². The topological polar surface area (TPSA) is 38.8 Å². The Kier molecular flexibility index (Phi) is 7.57. The van der Waals surface area contributed by atoms with Gasteiger partial charge in [0.05, 0.1) is 11.1 Å². The van der Waals surface area contributed by atoms with Crippen molar-refractivity contribution in [2.24, 2.45) is 0 Å². The average molecular weight is 832 g/mol. The van der Waals surface area contributed by atoms with Crippen LogP contribution in [0.15, 0.2) is 233 Å². The number of hydrogen-bond donors (Lipinski definition) is 0. The van der Waals surface area contributed by atoms with Crippen molar-refractivity contribution in [1.29, 1.82) is 0 Å². The van der Waals surface area contributed by atoms with Crippen molar-refractivity contribution >= 4 is 60.9 Å². The summed E-state index contributed by atoms with van der Waals surface area (Å²) >= 11 is 0. The van der Waals surface area contributed by atoms with E-state index in [1.165, 1.54) is 22.3 Å². The van der Waals surface area contributed by atoms with E-state index in [1.54, 1.807) is 0 Å². The number of ether oxygens (including phenoxy) is 1. The van der Waals surface area contributed by atoms with Gasteiger partial charge in [-0.15, -0.1) is 0 Å². The molecule has 0 saturated heterocycles. The SMILES string of the molecule is c1ccc(N(c2cc(-c3ccc4oc5ccccc5c4c3)c3c(c2)C2(c4ccccc4O3)c3ccccc3-c3ccccc32)c2ccccc2-c2cccc3oc4ccccc4c23)cc1. The highest BCUT2D eigenvalue weighted by atomic mass is 16.5. The van der Waals surface area contributed by atoms with E-state index in [0.29, 0.717) is 0 Å². The molecule has 0 amide bonds. The minimum atomic E-state index is -0.697. The Morgan fingerprint density at radius 3 is 1.72 bits per heavy atom. The van der Waals surface area contributed by atoms with Crippen molar-refractivity contribution in [3.05, 3.63) is 247 Å². The van der Waals surface area contributed by atoms with Crippen LogP contribution in [0.4, 0.5) is 17.1 Å². The van der Waals surface area contributed by atoms with Crippen molar-refractivity contribution in [2.45, 2.75) is 5.41 Å². The minimum Gasteiger partial charge on any atom is -0.456 e. The molecule has 0 fully saturated rings. The van der Waals surface area contributed by atoms with Gasteiger partial charge in [0.15, 0.2) is 0 Å². The third-order valence-corrected chi connectivity index (χ3v) is 13.7. The predicted molar refractivity (Wildman–Crippen MR) is 264 cm³/mol. The summed E-state index contributed by atoms with van der Waals surface area (Å²) in [6.07, 6.45) is 0. The number of fused-ring (bicyclic) bond motifs is 15. The first-order valence-electron chi connectivity index (χ1n) is 22.2. The maximum absolute atomic E-state index is 7.33. The first-order valence-corrected chi connectivity index (χ1v) is 22.2. The number of anilines is 3. The van der Waals surface area contributed by atoms with Gasteiger partial charge in [-0.3, -0.25) is 0 Å². The lowest BCUT2D eigenvalue weighted by Crippen LogP contribution is -2.32. The molecule has 0 unspecified atom stereocenters. The number of nitrogens with zero attached hydrogens (tertiary/aromatic N) is 1. The second-order valence-corrected chi connectivity index (χ2v) is 17.1. The molecule has 0 saturated carbocycles. The van der Waals surface area contributed by atoms with Crippen LogP contribution in [0.2, 0.25) is 0 Å². The molecule has 12 aromatic rings. The van der Waals surface area contributed by atoms with E-state index in [1.807, 2.05) is 18.2 Å². The van der Waals surface area contributed by atoms with Gasteiger partial charge in [0.1, 0.15) is 33.8 Å². The summed E-state index contributed by atoms with van der Waals surface area (Å²) in [5, 5.41) is 4.33. The van der Waals surface area contributed by atoms with Gasteiger partial charge in [-0.25, -0.2) is 0 Å². The minimum absolute atomic E-state index is 0.697. The standard InChI is InChI=1S/C61H37NO3/c1-2-17-39(18-3-1)62(53-28-12-6-21-43(53)45-24-16-32-58-59(45)46-23-8-14-30-55(46)64-58)40-36-47(38-33-34-56-48(35-38)44-22-7-13-29-54(44)63-56)60-52(37-40)61(51-27-11-15-31-57(51)65-60)49-25-9-4-19-41(49)42-20-5-10-26-50(42)61/h1-37H. The Bertz CT molecular complexity index is 3850. The van der Waals surface area contributed by atoms with Crippen molar-refractivity contribution < 1.29 is 13.6 Å². The van der Waals surface area contributed by atoms with Crippen LogP contribution in [-0.2, 0) is 5.41 Å². The van der Waals surface area contributed by atoms with Gasteiger partial charge < -0.3 is 18.5 Å². The highest BCUT2D eigenvalue weighted by molar-refractivity contribution is 6.14. The lowest BCUT2D eigenvalue weighted by Gasteiger charge is -2.41. The molecule has 4 heteroatoms. The lowest BCUT2D eigenvalue weighted by molar-refractivity contribution is 0.438. The van der Waals surface area contributed by atoms with Gasteiger partial charge in [0, 0.05) is 55.2 Å². The van der Waals surface area contributed by atoms with Crippen LogP contribution in [0.3, 0.4) is 0 Å². The monoisotopic (exact) mass is 831 g/mol. The summed E-state index contributed by atoms with van der Waals surface area (Å²) < 4.78 is 20.2. The zero-order valence-electron chi connectivity index (χ0n) is 35.0. The van der Waals surface area contributed by atoms with Crippen molar-refractivity contribution in [3.63, 3.8) is 0 Å². The maximum atomic E-state index is 7.33. The Morgan fingerprint density at radius 1 is 0.338 bits per heavy atom. The number of furan rings is 2. The zero-order chi connectivity index (χ0) is 42.6. The summed E-state index contributed by atoms with van der Waals surface area (Å²) in [6, 6.07) is 80.3. The molecule has 4 nitrogen and oxygen atoms in total. The quantitative estimate of drug-likeness (QED) is 0.173.